The predicted octanol–water partition coefficient (Wildman–Crippen LogP) is 1.94. The minimum atomic E-state index is -0.194. The summed E-state index contributed by atoms with van der Waals surface area (Å²) in [6.45, 7) is 3.10. The lowest BCUT2D eigenvalue weighted by Crippen LogP contribution is -2.13. The second kappa shape index (κ2) is 5.34. The fourth-order valence-electron chi connectivity index (χ4n) is 1.00. The SMILES string of the molecule is CC#CCNCc1cccc(F)c1. The van der Waals surface area contributed by atoms with Crippen molar-refractivity contribution in [3.05, 3.63) is 35.6 Å². The summed E-state index contributed by atoms with van der Waals surface area (Å²) in [6.07, 6.45) is 0. The summed E-state index contributed by atoms with van der Waals surface area (Å²) in [6, 6.07) is 6.55. The fourth-order valence-corrected chi connectivity index (χ4v) is 1.00. The van der Waals surface area contributed by atoms with Crippen molar-refractivity contribution in [2.75, 3.05) is 6.54 Å². The normalized spacial score (nSPS) is 9.08. The van der Waals surface area contributed by atoms with Crippen LogP contribution in [0.15, 0.2) is 24.3 Å². The van der Waals surface area contributed by atoms with Crippen molar-refractivity contribution in [3.63, 3.8) is 0 Å². The molecule has 68 valence electrons. The maximum atomic E-state index is 12.7. The summed E-state index contributed by atoms with van der Waals surface area (Å²) < 4.78 is 12.7. The third kappa shape index (κ3) is 3.73. The third-order valence-corrected chi connectivity index (χ3v) is 1.61. The van der Waals surface area contributed by atoms with Crippen molar-refractivity contribution in [2.45, 2.75) is 13.5 Å². The van der Waals surface area contributed by atoms with Crippen molar-refractivity contribution >= 4 is 0 Å². The zero-order valence-corrected chi connectivity index (χ0v) is 7.60. The highest BCUT2D eigenvalue weighted by atomic mass is 19.1. The molecule has 0 saturated carbocycles. The molecule has 0 spiro atoms. The van der Waals surface area contributed by atoms with Gasteiger partial charge in [0.15, 0.2) is 0 Å². The number of hydrogen-bond acceptors (Lipinski definition) is 1. The molecule has 0 saturated heterocycles. The van der Waals surface area contributed by atoms with E-state index in [-0.39, 0.29) is 5.82 Å². The third-order valence-electron chi connectivity index (χ3n) is 1.61. The Bertz CT molecular complexity index is 322. The van der Waals surface area contributed by atoms with E-state index < -0.39 is 0 Å². The molecule has 0 amide bonds. The molecule has 0 heterocycles. The van der Waals surface area contributed by atoms with Crippen LogP contribution in [0, 0.1) is 17.7 Å². The summed E-state index contributed by atoms with van der Waals surface area (Å²) in [5.41, 5.74) is 0.943. The molecule has 2 heteroatoms. The first-order chi connectivity index (χ1) is 6.33. The minimum absolute atomic E-state index is 0.194. The molecule has 0 aliphatic heterocycles. The number of rotatable bonds is 3. The lowest BCUT2D eigenvalue weighted by atomic mass is 10.2. The topological polar surface area (TPSA) is 12.0 Å². The summed E-state index contributed by atoms with van der Waals surface area (Å²) in [4.78, 5) is 0. The van der Waals surface area contributed by atoms with Crippen LogP contribution in [-0.2, 0) is 6.54 Å². The molecular formula is C11H12FN. The van der Waals surface area contributed by atoms with Crippen LogP contribution < -0.4 is 5.32 Å². The van der Waals surface area contributed by atoms with E-state index in [4.69, 9.17) is 0 Å². The molecule has 0 bridgehead atoms. The number of nitrogens with one attached hydrogen (secondary N) is 1. The Balaban J connectivity index is 2.39. The highest BCUT2D eigenvalue weighted by molar-refractivity contribution is 5.16. The average molecular weight is 177 g/mol. The predicted molar refractivity (Wildman–Crippen MR) is 51.6 cm³/mol. The molecule has 0 atom stereocenters. The monoisotopic (exact) mass is 177 g/mol. The minimum Gasteiger partial charge on any atom is -0.302 e. The first kappa shape index (κ1) is 9.76. The van der Waals surface area contributed by atoms with Crippen LogP contribution in [0.1, 0.15) is 12.5 Å². The largest absolute Gasteiger partial charge is 0.302 e. The van der Waals surface area contributed by atoms with Gasteiger partial charge in [-0.05, 0) is 24.6 Å². The van der Waals surface area contributed by atoms with Crippen LogP contribution in [0.25, 0.3) is 0 Å². The molecule has 0 fully saturated rings. The van der Waals surface area contributed by atoms with Crippen LogP contribution in [0.4, 0.5) is 4.39 Å². The molecule has 0 aliphatic rings. The number of halogens is 1. The van der Waals surface area contributed by atoms with E-state index >= 15 is 0 Å². The lowest BCUT2D eigenvalue weighted by molar-refractivity contribution is 0.623. The van der Waals surface area contributed by atoms with Gasteiger partial charge in [-0.15, -0.1) is 5.92 Å². The second-order valence-corrected chi connectivity index (χ2v) is 2.66. The molecule has 1 N–H and O–H groups in total. The fraction of sp³-hybridized carbons (Fsp3) is 0.273. The van der Waals surface area contributed by atoms with Gasteiger partial charge < -0.3 is 5.32 Å². The Morgan fingerprint density at radius 2 is 2.31 bits per heavy atom. The molecule has 0 unspecified atom stereocenters. The van der Waals surface area contributed by atoms with Gasteiger partial charge in [-0.1, -0.05) is 18.1 Å². The van der Waals surface area contributed by atoms with Crippen molar-refractivity contribution < 1.29 is 4.39 Å². The van der Waals surface area contributed by atoms with E-state index in [1.165, 1.54) is 12.1 Å². The van der Waals surface area contributed by atoms with Gasteiger partial charge in [0, 0.05) is 6.54 Å². The highest BCUT2D eigenvalue weighted by Gasteiger charge is 1.92. The van der Waals surface area contributed by atoms with Gasteiger partial charge in [0.1, 0.15) is 5.82 Å². The Morgan fingerprint density at radius 3 is 3.00 bits per heavy atom. The van der Waals surface area contributed by atoms with E-state index in [1.54, 1.807) is 13.0 Å². The first-order valence-corrected chi connectivity index (χ1v) is 4.17. The van der Waals surface area contributed by atoms with Crippen LogP contribution in [0.2, 0.25) is 0 Å². The first-order valence-electron chi connectivity index (χ1n) is 4.17. The van der Waals surface area contributed by atoms with E-state index in [2.05, 4.69) is 17.2 Å². The van der Waals surface area contributed by atoms with Crippen molar-refractivity contribution in [1.82, 2.24) is 5.32 Å². The van der Waals surface area contributed by atoms with Gasteiger partial charge in [0.2, 0.25) is 0 Å². The van der Waals surface area contributed by atoms with E-state index in [9.17, 15) is 4.39 Å². The molecule has 1 rings (SSSR count). The summed E-state index contributed by atoms with van der Waals surface area (Å²) in [7, 11) is 0. The van der Waals surface area contributed by atoms with Gasteiger partial charge in [-0.3, -0.25) is 0 Å². The smallest absolute Gasteiger partial charge is 0.123 e. The van der Waals surface area contributed by atoms with Gasteiger partial charge in [0.25, 0.3) is 0 Å². The van der Waals surface area contributed by atoms with Crippen LogP contribution in [0.5, 0.6) is 0 Å². The van der Waals surface area contributed by atoms with Gasteiger partial charge in [-0.2, -0.15) is 0 Å². The Labute approximate surface area is 78.0 Å². The van der Waals surface area contributed by atoms with Crippen molar-refractivity contribution in [3.8, 4) is 11.8 Å². The maximum absolute atomic E-state index is 12.7. The van der Waals surface area contributed by atoms with E-state index in [1.807, 2.05) is 6.07 Å². The maximum Gasteiger partial charge on any atom is 0.123 e. The summed E-state index contributed by atoms with van der Waals surface area (Å²) >= 11 is 0. The Kier molecular flexibility index (Phi) is 4.01. The molecule has 1 nitrogen and oxygen atoms in total. The number of hydrogen-bond donors (Lipinski definition) is 1. The molecule has 13 heavy (non-hydrogen) atoms. The van der Waals surface area contributed by atoms with Crippen molar-refractivity contribution in [1.29, 1.82) is 0 Å². The molecule has 0 aliphatic carbocycles. The molecule has 1 aromatic carbocycles. The average Bonchev–Trinajstić information content (AvgIpc) is 2.13. The van der Waals surface area contributed by atoms with Gasteiger partial charge in [-0.25, -0.2) is 4.39 Å². The molecule has 0 radical (unpaired) electrons. The van der Waals surface area contributed by atoms with E-state index in [0.717, 1.165) is 5.56 Å². The van der Waals surface area contributed by atoms with Gasteiger partial charge >= 0.3 is 0 Å². The summed E-state index contributed by atoms with van der Waals surface area (Å²) in [5, 5.41) is 3.09. The molecular weight excluding hydrogens is 165 g/mol. The highest BCUT2D eigenvalue weighted by Crippen LogP contribution is 2.02. The summed E-state index contributed by atoms with van der Waals surface area (Å²) in [5.74, 6) is 5.46. The van der Waals surface area contributed by atoms with Gasteiger partial charge in [0.05, 0.1) is 6.54 Å². The Hall–Kier alpha value is -1.33. The second-order valence-electron chi connectivity index (χ2n) is 2.66. The van der Waals surface area contributed by atoms with Crippen LogP contribution >= 0.6 is 0 Å². The number of benzene rings is 1. The lowest BCUT2D eigenvalue weighted by Gasteiger charge is -2.00. The van der Waals surface area contributed by atoms with Crippen LogP contribution in [0.3, 0.4) is 0 Å². The Morgan fingerprint density at radius 1 is 1.46 bits per heavy atom. The standard InChI is InChI=1S/C11H12FN/c1-2-3-7-13-9-10-5-4-6-11(12)8-10/h4-6,8,13H,7,9H2,1H3. The van der Waals surface area contributed by atoms with Crippen molar-refractivity contribution in [2.24, 2.45) is 0 Å². The zero-order valence-electron chi connectivity index (χ0n) is 7.60. The van der Waals surface area contributed by atoms with E-state index in [0.29, 0.717) is 13.1 Å². The quantitative estimate of drug-likeness (QED) is 0.549. The zero-order chi connectivity index (χ0) is 9.52. The van der Waals surface area contributed by atoms with Crippen LogP contribution in [-0.4, -0.2) is 6.54 Å². The molecule has 1 aromatic rings. The molecule has 0 aromatic heterocycles.